The first-order chi connectivity index (χ1) is 13.6. The molecule has 0 aliphatic heterocycles. The van der Waals surface area contributed by atoms with Crippen LogP contribution in [0, 0.1) is 16.7 Å². The molecule has 7 nitrogen and oxygen atoms in total. The van der Waals surface area contributed by atoms with Gasteiger partial charge in [-0.05, 0) is 49.2 Å². The molecule has 2 aromatic carbocycles. The van der Waals surface area contributed by atoms with Gasteiger partial charge in [-0.1, -0.05) is 12.1 Å². The van der Waals surface area contributed by atoms with E-state index in [0.717, 1.165) is 5.75 Å². The lowest BCUT2D eigenvalue weighted by Gasteiger charge is -2.16. The maximum absolute atomic E-state index is 12.6. The highest BCUT2D eigenvalue weighted by Crippen LogP contribution is 2.46. The lowest BCUT2D eigenvalue weighted by Crippen LogP contribution is -2.41. The van der Waals surface area contributed by atoms with Gasteiger partial charge in [-0.2, -0.15) is 5.26 Å². The number of hydrogen-bond donors (Lipinski definition) is 2. The van der Waals surface area contributed by atoms with E-state index in [0.29, 0.717) is 29.8 Å². The Kier molecular flexibility index (Phi) is 5.80. The Balaban J connectivity index is 1.49. The fraction of sp³-hybridized carbons (Fsp3) is 0.286. The molecule has 0 atom stereocenters. The number of ether oxygens (including phenoxy) is 2. The third-order valence-electron chi connectivity index (χ3n) is 4.63. The van der Waals surface area contributed by atoms with E-state index in [1.165, 1.54) is 0 Å². The topological polar surface area (TPSA) is 100 Å². The van der Waals surface area contributed by atoms with Crippen molar-refractivity contribution in [2.24, 2.45) is 5.41 Å². The van der Waals surface area contributed by atoms with Crippen LogP contribution < -0.4 is 20.1 Å². The zero-order chi connectivity index (χ0) is 20.0. The summed E-state index contributed by atoms with van der Waals surface area (Å²) in [4.78, 5) is 25.1. The number of para-hydroxylation sites is 1. The molecule has 1 aliphatic carbocycles. The molecule has 0 aromatic heterocycles. The molecule has 0 spiro atoms. The first-order valence-electron chi connectivity index (χ1n) is 8.95. The molecule has 2 aromatic rings. The van der Waals surface area contributed by atoms with Crippen molar-refractivity contribution in [2.75, 3.05) is 25.6 Å². The smallest absolute Gasteiger partial charge is 0.240 e. The Morgan fingerprint density at radius 1 is 1.07 bits per heavy atom. The summed E-state index contributed by atoms with van der Waals surface area (Å²) < 4.78 is 10.7. The highest BCUT2D eigenvalue weighted by molar-refractivity contribution is 6.13. The van der Waals surface area contributed by atoms with E-state index in [2.05, 4.69) is 10.6 Å². The Hall–Kier alpha value is -3.53. The summed E-state index contributed by atoms with van der Waals surface area (Å²) in [7, 11) is 1.59. The second-order valence-electron chi connectivity index (χ2n) is 6.47. The van der Waals surface area contributed by atoms with Gasteiger partial charge in [-0.3, -0.25) is 9.59 Å². The van der Waals surface area contributed by atoms with Crippen molar-refractivity contribution in [3.8, 4) is 17.6 Å². The summed E-state index contributed by atoms with van der Waals surface area (Å²) in [5, 5.41) is 14.6. The van der Waals surface area contributed by atoms with Crippen molar-refractivity contribution in [2.45, 2.75) is 12.8 Å². The minimum atomic E-state index is -1.07. The van der Waals surface area contributed by atoms with E-state index in [1.54, 1.807) is 55.6 Å². The van der Waals surface area contributed by atoms with Crippen molar-refractivity contribution < 1.29 is 19.1 Å². The molecule has 0 unspecified atom stereocenters. The second-order valence-corrected chi connectivity index (χ2v) is 6.47. The third kappa shape index (κ3) is 4.23. The van der Waals surface area contributed by atoms with Gasteiger partial charge in [0.2, 0.25) is 11.8 Å². The molecule has 3 rings (SSSR count). The molecule has 7 heteroatoms. The molecule has 1 fully saturated rings. The monoisotopic (exact) mass is 379 g/mol. The van der Waals surface area contributed by atoms with Crippen LogP contribution in [0.2, 0.25) is 0 Å². The Labute approximate surface area is 163 Å². The minimum Gasteiger partial charge on any atom is -0.497 e. The number of nitrogens with one attached hydrogen (secondary N) is 2. The van der Waals surface area contributed by atoms with Crippen LogP contribution in [-0.4, -0.2) is 32.1 Å². The normalized spacial score (nSPS) is 13.7. The summed E-state index contributed by atoms with van der Waals surface area (Å²) in [5.41, 5.74) is -0.292. The van der Waals surface area contributed by atoms with Crippen molar-refractivity contribution in [3.63, 3.8) is 0 Å². The number of methoxy groups -OCH3 is 1. The first-order valence-corrected chi connectivity index (χ1v) is 8.95. The molecular weight excluding hydrogens is 358 g/mol. The fourth-order valence-corrected chi connectivity index (χ4v) is 2.79. The molecule has 144 valence electrons. The van der Waals surface area contributed by atoms with Gasteiger partial charge in [0.25, 0.3) is 0 Å². The van der Waals surface area contributed by atoms with Crippen molar-refractivity contribution in [1.29, 1.82) is 5.26 Å². The minimum absolute atomic E-state index is 0.285. The maximum Gasteiger partial charge on any atom is 0.240 e. The van der Waals surface area contributed by atoms with Crippen LogP contribution in [0.15, 0.2) is 48.5 Å². The van der Waals surface area contributed by atoms with Crippen LogP contribution in [0.3, 0.4) is 0 Å². The number of benzene rings is 2. The predicted octanol–water partition coefficient (Wildman–Crippen LogP) is 2.48. The van der Waals surface area contributed by atoms with Gasteiger partial charge in [0.1, 0.15) is 29.6 Å². The third-order valence-corrected chi connectivity index (χ3v) is 4.63. The predicted molar refractivity (Wildman–Crippen MR) is 103 cm³/mol. The molecule has 0 radical (unpaired) electrons. The van der Waals surface area contributed by atoms with Crippen molar-refractivity contribution in [1.82, 2.24) is 5.32 Å². The molecule has 28 heavy (non-hydrogen) atoms. The van der Waals surface area contributed by atoms with Gasteiger partial charge in [-0.25, -0.2) is 0 Å². The van der Waals surface area contributed by atoms with Crippen LogP contribution in [-0.2, 0) is 9.59 Å². The zero-order valence-corrected chi connectivity index (χ0v) is 15.5. The van der Waals surface area contributed by atoms with Crippen LogP contribution in [0.1, 0.15) is 18.4 Å². The van der Waals surface area contributed by atoms with Crippen molar-refractivity contribution in [3.05, 3.63) is 54.1 Å². The molecule has 0 saturated heterocycles. The van der Waals surface area contributed by atoms with Gasteiger partial charge in [0, 0.05) is 0 Å². The molecule has 1 saturated carbocycles. The molecule has 1 aliphatic rings. The molecule has 0 heterocycles. The number of nitrogens with zero attached hydrogens (tertiary/aromatic N) is 1. The van der Waals surface area contributed by atoms with Gasteiger partial charge < -0.3 is 20.1 Å². The van der Waals surface area contributed by atoms with Gasteiger partial charge in [-0.15, -0.1) is 0 Å². The first kappa shape index (κ1) is 19.2. The molecule has 2 amide bonds. The van der Waals surface area contributed by atoms with Gasteiger partial charge in [0.05, 0.1) is 24.9 Å². The number of rotatable bonds is 8. The van der Waals surface area contributed by atoms with Gasteiger partial charge >= 0.3 is 0 Å². The van der Waals surface area contributed by atoms with E-state index in [9.17, 15) is 9.59 Å². The number of hydrogen-bond acceptors (Lipinski definition) is 5. The van der Waals surface area contributed by atoms with Crippen LogP contribution in [0.5, 0.6) is 11.5 Å². The number of carbonyl (C=O) groups excluding carboxylic acids is 2. The van der Waals surface area contributed by atoms with E-state index in [4.69, 9.17) is 14.7 Å². The lowest BCUT2D eigenvalue weighted by molar-refractivity contribution is -0.134. The highest BCUT2D eigenvalue weighted by atomic mass is 16.5. The number of carbonyl (C=O) groups is 2. The molecular formula is C21H21N3O4. The number of nitriles is 1. The van der Waals surface area contributed by atoms with Gasteiger partial charge in [0.15, 0.2) is 0 Å². The zero-order valence-electron chi connectivity index (χ0n) is 15.5. The average molecular weight is 379 g/mol. The standard InChI is InChI=1S/C21H21N3O4/c1-27-16-6-8-17(9-7-16)28-13-12-23-19(25)21(10-11-21)20(26)24-18-5-3-2-4-15(18)14-22/h2-9H,10-13H2,1H3,(H,23,25)(H,24,26). The summed E-state index contributed by atoms with van der Waals surface area (Å²) in [6.45, 7) is 0.571. The molecule has 2 N–H and O–H groups in total. The highest BCUT2D eigenvalue weighted by Gasteiger charge is 2.56. The van der Waals surface area contributed by atoms with Crippen LogP contribution in [0.4, 0.5) is 5.69 Å². The van der Waals surface area contributed by atoms with Crippen LogP contribution >= 0.6 is 0 Å². The van der Waals surface area contributed by atoms with E-state index < -0.39 is 5.41 Å². The van der Waals surface area contributed by atoms with Crippen molar-refractivity contribution >= 4 is 17.5 Å². The van der Waals surface area contributed by atoms with Crippen LogP contribution in [0.25, 0.3) is 0 Å². The lowest BCUT2D eigenvalue weighted by atomic mass is 10.0. The largest absolute Gasteiger partial charge is 0.497 e. The second kappa shape index (κ2) is 8.44. The summed E-state index contributed by atoms with van der Waals surface area (Å²) >= 11 is 0. The quantitative estimate of drug-likeness (QED) is 0.542. The Morgan fingerprint density at radius 3 is 2.39 bits per heavy atom. The van der Waals surface area contributed by atoms with E-state index in [-0.39, 0.29) is 25.0 Å². The Morgan fingerprint density at radius 2 is 1.75 bits per heavy atom. The average Bonchev–Trinajstić information content (AvgIpc) is 3.54. The number of amides is 2. The Bertz CT molecular complexity index is 899. The fourth-order valence-electron chi connectivity index (χ4n) is 2.79. The summed E-state index contributed by atoms with van der Waals surface area (Å²) in [6.07, 6.45) is 0.970. The van der Waals surface area contributed by atoms with E-state index in [1.807, 2.05) is 6.07 Å². The summed E-state index contributed by atoms with van der Waals surface area (Å²) in [6, 6.07) is 15.9. The number of anilines is 1. The van der Waals surface area contributed by atoms with E-state index >= 15 is 0 Å². The SMILES string of the molecule is COc1ccc(OCCNC(=O)C2(C(=O)Nc3ccccc3C#N)CC2)cc1. The maximum atomic E-state index is 12.6. The summed E-state index contributed by atoms with van der Waals surface area (Å²) in [5.74, 6) is 0.698. The molecule has 0 bridgehead atoms.